The first-order valence-corrected chi connectivity index (χ1v) is 4.44. The van der Waals surface area contributed by atoms with Gasteiger partial charge < -0.3 is 9.84 Å². The first-order valence-electron chi connectivity index (χ1n) is 4.44. The summed E-state index contributed by atoms with van der Waals surface area (Å²) in [6.45, 7) is 0. The molecule has 0 aliphatic rings. The van der Waals surface area contributed by atoms with E-state index in [0.717, 1.165) is 19.2 Å². The molecule has 0 unspecified atom stereocenters. The summed E-state index contributed by atoms with van der Waals surface area (Å²) < 4.78 is 29.5. The van der Waals surface area contributed by atoms with Crippen molar-refractivity contribution in [3.8, 4) is 0 Å². The molecule has 0 radical (unpaired) electrons. The van der Waals surface area contributed by atoms with Crippen LogP contribution in [0.5, 0.6) is 0 Å². The molecule has 0 saturated heterocycles. The summed E-state index contributed by atoms with van der Waals surface area (Å²) in [6.07, 6.45) is 0.568. The number of ether oxygens (including phenoxy) is 1. The fourth-order valence-corrected chi connectivity index (χ4v) is 1.02. The molecule has 90 valence electrons. The molecule has 0 aromatic heterocycles. The Kier molecular flexibility index (Phi) is 3.92. The summed E-state index contributed by atoms with van der Waals surface area (Å²) in [6, 6.07) is 2.55. The van der Waals surface area contributed by atoms with Gasteiger partial charge in [0.05, 0.1) is 7.11 Å². The number of aliphatic hydroxyl groups excluding tert-OH is 1. The normalized spacial score (nSPS) is 11.1. The van der Waals surface area contributed by atoms with Gasteiger partial charge in [0.1, 0.15) is 5.76 Å². The molecular formula is C11H8F2O4. The largest absolute Gasteiger partial charge is 0.507 e. The standard InChI is InChI=1S/C11H8F2O4/c1-17-11(16)10(15)5-9(14)6-2-3-7(12)8(13)4-6/h2-5,14H,1H3/b9-5-. The third-order valence-electron chi connectivity index (χ3n) is 1.87. The van der Waals surface area contributed by atoms with Crippen LogP contribution in [0.1, 0.15) is 5.56 Å². The molecule has 17 heavy (non-hydrogen) atoms. The Hall–Kier alpha value is -2.24. The maximum absolute atomic E-state index is 12.8. The van der Waals surface area contributed by atoms with E-state index in [1.54, 1.807) is 0 Å². The van der Waals surface area contributed by atoms with E-state index in [0.29, 0.717) is 12.1 Å². The van der Waals surface area contributed by atoms with E-state index in [1.807, 2.05) is 0 Å². The Bertz CT molecular complexity index is 494. The van der Waals surface area contributed by atoms with Crippen molar-refractivity contribution in [1.29, 1.82) is 0 Å². The first kappa shape index (κ1) is 12.8. The van der Waals surface area contributed by atoms with Gasteiger partial charge in [0.25, 0.3) is 5.78 Å². The van der Waals surface area contributed by atoms with E-state index in [-0.39, 0.29) is 5.56 Å². The Morgan fingerprint density at radius 2 is 1.94 bits per heavy atom. The second-order valence-corrected chi connectivity index (χ2v) is 3.01. The summed E-state index contributed by atoms with van der Waals surface area (Å²) in [5, 5.41) is 9.39. The molecule has 0 spiro atoms. The van der Waals surface area contributed by atoms with Crippen molar-refractivity contribution in [2.45, 2.75) is 0 Å². The van der Waals surface area contributed by atoms with Crippen LogP contribution in [0.25, 0.3) is 5.76 Å². The lowest BCUT2D eigenvalue weighted by Crippen LogP contribution is -2.13. The lowest BCUT2D eigenvalue weighted by atomic mass is 10.1. The summed E-state index contributed by atoms with van der Waals surface area (Å²) in [4.78, 5) is 21.8. The third-order valence-corrected chi connectivity index (χ3v) is 1.87. The van der Waals surface area contributed by atoms with Gasteiger partial charge in [-0.3, -0.25) is 4.79 Å². The molecule has 0 aliphatic carbocycles. The van der Waals surface area contributed by atoms with E-state index in [9.17, 15) is 23.5 Å². The predicted octanol–water partition coefficient (Wildman–Crippen LogP) is 1.61. The Balaban J connectivity index is 3.00. The van der Waals surface area contributed by atoms with Crippen LogP contribution in [0.4, 0.5) is 8.78 Å². The molecule has 1 aromatic rings. The van der Waals surface area contributed by atoms with Gasteiger partial charge in [-0.25, -0.2) is 13.6 Å². The maximum atomic E-state index is 12.8. The van der Waals surface area contributed by atoms with Gasteiger partial charge in [-0.1, -0.05) is 0 Å². The van der Waals surface area contributed by atoms with Crippen molar-refractivity contribution in [3.05, 3.63) is 41.5 Å². The molecule has 1 rings (SSSR count). The van der Waals surface area contributed by atoms with Gasteiger partial charge in [0, 0.05) is 11.6 Å². The smallest absolute Gasteiger partial charge is 0.378 e. The van der Waals surface area contributed by atoms with Gasteiger partial charge in [0.15, 0.2) is 11.6 Å². The molecule has 1 aromatic carbocycles. The van der Waals surface area contributed by atoms with Crippen molar-refractivity contribution < 1.29 is 28.2 Å². The second-order valence-electron chi connectivity index (χ2n) is 3.01. The molecule has 0 saturated carbocycles. The molecule has 0 bridgehead atoms. The van der Waals surface area contributed by atoms with Crippen LogP contribution in [0, 0.1) is 11.6 Å². The first-order chi connectivity index (χ1) is 7.95. The minimum Gasteiger partial charge on any atom is -0.507 e. The number of ketones is 1. The lowest BCUT2D eigenvalue weighted by Gasteiger charge is -2.00. The number of hydrogen-bond donors (Lipinski definition) is 1. The predicted molar refractivity (Wildman–Crippen MR) is 54.0 cm³/mol. The summed E-state index contributed by atoms with van der Waals surface area (Å²) >= 11 is 0. The highest BCUT2D eigenvalue weighted by molar-refractivity contribution is 6.39. The average Bonchev–Trinajstić information content (AvgIpc) is 2.31. The number of aliphatic hydroxyl groups is 1. The van der Waals surface area contributed by atoms with Gasteiger partial charge in [0.2, 0.25) is 0 Å². The summed E-state index contributed by atoms with van der Waals surface area (Å²) in [5.41, 5.74) is -0.124. The highest BCUT2D eigenvalue weighted by Gasteiger charge is 2.13. The molecule has 1 N–H and O–H groups in total. The Labute approximate surface area is 95.1 Å². The van der Waals surface area contributed by atoms with Crippen molar-refractivity contribution >= 4 is 17.5 Å². The number of methoxy groups -OCH3 is 1. The van der Waals surface area contributed by atoms with Crippen LogP contribution in [-0.4, -0.2) is 24.0 Å². The minimum atomic E-state index is -1.17. The van der Waals surface area contributed by atoms with Crippen molar-refractivity contribution in [1.82, 2.24) is 0 Å². The average molecular weight is 242 g/mol. The van der Waals surface area contributed by atoms with Crippen LogP contribution in [0.15, 0.2) is 24.3 Å². The fourth-order valence-electron chi connectivity index (χ4n) is 1.02. The van der Waals surface area contributed by atoms with Gasteiger partial charge >= 0.3 is 5.97 Å². The fraction of sp³-hybridized carbons (Fsp3) is 0.0909. The molecule has 0 amide bonds. The molecule has 0 fully saturated rings. The number of hydrogen-bond acceptors (Lipinski definition) is 4. The van der Waals surface area contributed by atoms with Gasteiger partial charge in [-0.15, -0.1) is 0 Å². The van der Waals surface area contributed by atoms with Crippen molar-refractivity contribution in [2.24, 2.45) is 0 Å². The van der Waals surface area contributed by atoms with E-state index in [4.69, 9.17) is 0 Å². The van der Waals surface area contributed by atoms with Crippen LogP contribution in [0.2, 0.25) is 0 Å². The van der Waals surface area contributed by atoms with Crippen LogP contribution < -0.4 is 0 Å². The lowest BCUT2D eigenvalue weighted by molar-refractivity contribution is -0.149. The highest BCUT2D eigenvalue weighted by atomic mass is 19.2. The molecule has 0 atom stereocenters. The Morgan fingerprint density at radius 3 is 2.47 bits per heavy atom. The van der Waals surface area contributed by atoms with E-state index >= 15 is 0 Å². The Morgan fingerprint density at radius 1 is 1.29 bits per heavy atom. The molecule has 0 heterocycles. The monoisotopic (exact) mass is 242 g/mol. The molecule has 4 nitrogen and oxygen atoms in total. The van der Waals surface area contributed by atoms with Crippen molar-refractivity contribution in [2.75, 3.05) is 7.11 Å². The van der Waals surface area contributed by atoms with Crippen LogP contribution >= 0.6 is 0 Å². The molecular weight excluding hydrogens is 234 g/mol. The summed E-state index contributed by atoms with van der Waals surface area (Å²) in [5.74, 6) is -5.18. The summed E-state index contributed by atoms with van der Waals surface area (Å²) in [7, 11) is 1.00. The van der Waals surface area contributed by atoms with E-state index < -0.39 is 29.1 Å². The number of rotatable bonds is 3. The highest BCUT2D eigenvalue weighted by Crippen LogP contribution is 2.15. The number of benzene rings is 1. The zero-order valence-corrected chi connectivity index (χ0v) is 8.74. The van der Waals surface area contributed by atoms with E-state index in [1.165, 1.54) is 0 Å². The number of carbonyl (C=O) groups excluding carboxylic acids is 2. The van der Waals surface area contributed by atoms with Crippen LogP contribution in [0.3, 0.4) is 0 Å². The van der Waals surface area contributed by atoms with Gasteiger partial charge in [-0.2, -0.15) is 0 Å². The molecule has 6 heteroatoms. The quantitative estimate of drug-likeness (QED) is 0.378. The molecule has 0 aliphatic heterocycles. The number of esters is 1. The zero-order valence-electron chi connectivity index (χ0n) is 8.74. The number of carbonyl (C=O) groups is 2. The SMILES string of the molecule is COC(=O)C(=O)/C=C(\O)c1ccc(F)c(F)c1. The van der Waals surface area contributed by atoms with E-state index in [2.05, 4.69) is 4.74 Å². The third kappa shape index (κ3) is 3.10. The number of halogens is 2. The van der Waals surface area contributed by atoms with Crippen LogP contribution in [-0.2, 0) is 14.3 Å². The minimum absolute atomic E-state index is 0.124. The maximum Gasteiger partial charge on any atom is 0.378 e. The zero-order chi connectivity index (χ0) is 13.0. The topological polar surface area (TPSA) is 63.6 Å². The van der Waals surface area contributed by atoms with Crippen molar-refractivity contribution in [3.63, 3.8) is 0 Å². The van der Waals surface area contributed by atoms with Gasteiger partial charge in [-0.05, 0) is 18.2 Å². The second kappa shape index (κ2) is 5.20.